The highest BCUT2D eigenvalue weighted by Gasteiger charge is 2.24. The molecule has 1 saturated heterocycles. The highest BCUT2D eigenvalue weighted by Crippen LogP contribution is 2.29. The van der Waals surface area contributed by atoms with Crippen LogP contribution in [0.1, 0.15) is 71.1 Å². The molecule has 2 saturated carbocycles. The molecule has 41 heavy (non-hydrogen) atoms. The van der Waals surface area contributed by atoms with Crippen LogP contribution >= 0.6 is 8.03 Å². The van der Waals surface area contributed by atoms with Crippen molar-refractivity contribution in [2.75, 3.05) is 94.2 Å². The van der Waals surface area contributed by atoms with Crippen LogP contribution in [0.4, 0.5) is 17.6 Å². The monoisotopic (exact) mass is 591 g/mol. The number of nitrogens with two attached hydrogens (primary N) is 1. The second-order valence-electron chi connectivity index (χ2n) is 12.3. The zero-order valence-electron chi connectivity index (χ0n) is 25.5. The number of hydrogen-bond donors (Lipinski definition) is 4. The lowest BCUT2D eigenvalue weighted by Gasteiger charge is -2.34. The number of aromatic nitrogens is 2. The Morgan fingerprint density at radius 2 is 1.54 bits per heavy atom. The van der Waals surface area contributed by atoms with E-state index in [4.69, 9.17) is 15.2 Å². The van der Waals surface area contributed by atoms with E-state index >= 15 is 0 Å². The molecule has 0 amide bonds. The number of nitrogens with zero attached hydrogens (tertiary/aromatic N) is 4. The molecule has 0 radical (unpaired) electrons. The molecule has 5 N–H and O–H groups in total. The highest BCUT2D eigenvalue weighted by molar-refractivity contribution is 7.39. The van der Waals surface area contributed by atoms with E-state index in [-0.39, 0.29) is 0 Å². The first-order chi connectivity index (χ1) is 20.1. The van der Waals surface area contributed by atoms with E-state index < -0.39 is 8.03 Å². The van der Waals surface area contributed by atoms with Crippen LogP contribution in [0, 0.1) is 17.8 Å². The summed E-state index contributed by atoms with van der Waals surface area (Å²) in [5, 5.41) is 10.9. The van der Waals surface area contributed by atoms with Crippen LogP contribution in [-0.4, -0.2) is 93.1 Å². The molecule has 2 aliphatic carbocycles. The fourth-order valence-electron chi connectivity index (χ4n) is 6.54. The first-order valence-electron chi connectivity index (χ1n) is 16.4. The minimum absolute atomic E-state index is 0.506. The Morgan fingerprint density at radius 1 is 0.902 bits per heavy atom. The Balaban J connectivity index is 1.06. The Hall–Kier alpha value is -1.58. The van der Waals surface area contributed by atoms with Crippen molar-refractivity contribution in [2.45, 2.75) is 71.1 Å². The highest BCUT2D eigenvalue weighted by atomic mass is 31.1. The van der Waals surface area contributed by atoms with Crippen LogP contribution in [0.15, 0.2) is 6.07 Å². The first kappa shape index (κ1) is 32.3. The van der Waals surface area contributed by atoms with Crippen molar-refractivity contribution in [1.82, 2.24) is 25.5 Å². The number of nitrogens with one attached hydrogen (secondary N) is 3. The molecule has 1 aromatic rings. The van der Waals surface area contributed by atoms with E-state index in [1.807, 2.05) is 13.0 Å². The van der Waals surface area contributed by atoms with Crippen LogP contribution in [0.3, 0.4) is 0 Å². The summed E-state index contributed by atoms with van der Waals surface area (Å²) in [6.45, 7) is 12.3. The van der Waals surface area contributed by atoms with Crippen LogP contribution in [0.5, 0.6) is 0 Å². The van der Waals surface area contributed by atoms with Gasteiger partial charge in [-0.25, -0.2) is 0 Å². The van der Waals surface area contributed by atoms with Gasteiger partial charge in [0.2, 0.25) is 5.95 Å². The molecular weight excluding hydrogens is 535 g/mol. The fourth-order valence-corrected chi connectivity index (χ4v) is 7.41. The van der Waals surface area contributed by atoms with Gasteiger partial charge in [-0.3, -0.25) is 4.90 Å². The molecule has 1 aromatic heterocycles. The maximum absolute atomic E-state index is 11.8. The predicted molar refractivity (Wildman–Crippen MR) is 170 cm³/mol. The molecule has 0 spiro atoms. The van der Waals surface area contributed by atoms with E-state index in [0.29, 0.717) is 30.5 Å². The SMILES string of the molecule is CCO[P+](=O)CCN1CCN(c2cc(N)nc(NCC3CCC(CNCCCNCC4CCCCC4)CC3)n2)CC1. The summed E-state index contributed by atoms with van der Waals surface area (Å²) in [6, 6.07) is 1.87. The third kappa shape index (κ3) is 11.9. The van der Waals surface area contributed by atoms with Crippen LogP contribution in [-0.2, 0) is 9.09 Å². The van der Waals surface area contributed by atoms with Gasteiger partial charge in [-0.15, -0.1) is 4.52 Å². The summed E-state index contributed by atoms with van der Waals surface area (Å²) < 4.78 is 17.0. The Labute approximate surface area is 249 Å². The van der Waals surface area contributed by atoms with Crippen molar-refractivity contribution in [3.8, 4) is 0 Å². The number of rotatable bonds is 17. The fraction of sp³-hybridized carbons (Fsp3) is 0.867. The molecule has 2 heterocycles. The molecule has 1 atom stereocenters. The van der Waals surface area contributed by atoms with Crippen molar-refractivity contribution in [2.24, 2.45) is 17.8 Å². The molecule has 0 aromatic carbocycles. The van der Waals surface area contributed by atoms with Gasteiger partial charge < -0.3 is 26.6 Å². The lowest BCUT2D eigenvalue weighted by Crippen LogP contribution is -2.47. The topological polar surface area (TPSA) is 121 Å². The van der Waals surface area contributed by atoms with E-state index in [1.165, 1.54) is 70.8 Å². The van der Waals surface area contributed by atoms with E-state index in [9.17, 15) is 4.57 Å². The zero-order valence-corrected chi connectivity index (χ0v) is 26.4. The zero-order chi connectivity index (χ0) is 28.7. The molecule has 11 heteroatoms. The standard InChI is InChI=1S/C30H56N8O2P/c1-2-40-41(39)20-19-37-15-17-38(18-16-37)29-21-28(31)35-30(36-29)34-24-27-11-9-26(10-12-27)23-33-14-6-13-32-22-25-7-4-3-5-8-25/h21,25-27,32-33H,2-20,22-24H2,1H3,(H3,31,34,35,36)/q+1. The lowest BCUT2D eigenvalue weighted by molar-refractivity contribution is 0.266. The summed E-state index contributed by atoms with van der Waals surface area (Å²) in [7, 11) is -1.55. The van der Waals surface area contributed by atoms with Crippen molar-refractivity contribution < 1.29 is 9.09 Å². The molecule has 1 aliphatic heterocycles. The number of anilines is 3. The van der Waals surface area contributed by atoms with E-state index in [2.05, 4.69) is 30.7 Å². The average molecular weight is 592 g/mol. The van der Waals surface area contributed by atoms with Gasteiger partial charge in [0.25, 0.3) is 0 Å². The van der Waals surface area contributed by atoms with Gasteiger partial charge in [0.05, 0.1) is 6.61 Å². The van der Waals surface area contributed by atoms with Gasteiger partial charge in [-0.2, -0.15) is 9.97 Å². The first-order valence-corrected chi connectivity index (χ1v) is 17.8. The Bertz CT molecular complexity index is 887. The second-order valence-corrected chi connectivity index (χ2v) is 13.7. The van der Waals surface area contributed by atoms with Gasteiger partial charge in [0, 0.05) is 45.3 Å². The number of nitrogen functional groups attached to an aromatic ring is 1. The third-order valence-corrected chi connectivity index (χ3v) is 10.2. The molecular formula is C30H56N8O2P+. The van der Waals surface area contributed by atoms with Crippen molar-refractivity contribution >= 4 is 25.6 Å². The molecule has 4 rings (SSSR count). The molecule has 232 valence electrons. The largest absolute Gasteiger partial charge is 0.509 e. The summed E-state index contributed by atoms with van der Waals surface area (Å²) in [5.41, 5.74) is 6.16. The lowest BCUT2D eigenvalue weighted by atomic mass is 9.82. The molecule has 3 fully saturated rings. The maximum atomic E-state index is 11.8. The smallest absolute Gasteiger partial charge is 0.383 e. The maximum Gasteiger partial charge on any atom is 0.509 e. The van der Waals surface area contributed by atoms with Gasteiger partial charge in [-0.05, 0) is 100 Å². The Morgan fingerprint density at radius 3 is 2.20 bits per heavy atom. The Kier molecular flexibility index (Phi) is 14.3. The van der Waals surface area contributed by atoms with Gasteiger partial charge in [0.15, 0.2) is 6.16 Å². The molecule has 3 aliphatic rings. The van der Waals surface area contributed by atoms with Crippen LogP contribution in [0.25, 0.3) is 0 Å². The molecule has 10 nitrogen and oxygen atoms in total. The van der Waals surface area contributed by atoms with Crippen molar-refractivity contribution in [1.29, 1.82) is 0 Å². The summed E-state index contributed by atoms with van der Waals surface area (Å²) in [4.78, 5) is 13.9. The molecule has 0 bridgehead atoms. The third-order valence-electron chi connectivity index (χ3n) is 9.11. The second kappa shape index (κ2) is 18.2. The minimum atomic E-state index is -1.55. The van der Waals surface area contributed by atoms with Gasteiger partial charge >= 0.3 is 8.03 Å². The number of piperazine rings is 1. The summed E-state index contributed by atoms with van der Waals surface area (Å²) >= 11 is 0. The summed E-state index contributed by atoms with van der Waals surface area (Å²) in [6.07, 6.45) is 14.1. The van der Waals surface area contributed by atoms with Crippen LogP contribution < -0.4 is 26.6 Å². The van der Waals surface area contributed by atoms with Crippen LogP contribution in [0.2, 0.25) is 0 Å². The van der Waals surface area contributed by atoms with E-state index in [1.54, 1.807) is 0 Å². The van der Waals surface area contributed by atoms with Gasteiger partial charge in [0.1, 0.15) is 11.6 Å². The van der Waals surface area contributed by atoms with Crippen molar-refractivity contribution in [3.63, 3.8) is 0 Å². The minimum Gasteiger partial charge on any atom is -0.383 e. The predicted octanol–water partition coefficient (Wildman–Crippen LogP) is 4.33. The van der Waals surface area contributed by atoms with Crippen molar-refractivity contribution in [3.05, 3.63) is 6.07 Å². The van der Waals surface area contributed by atoms with E-state index in [0.717, 1.165) is 76.6 Å². The quantitative estimate of drug-likeness (QED) is 0.154. The summed E-state index contributed by atoms with van der Waals surface area (Å²) in [5.74, 6) is 4.42. The average Bonchev–Trinajstić information content (AvgIpc) is 3.00. The normalized spacial score (nSPS) is 23.0. The molecule has 1 unspecified atom stereocenters. The number of hydrogen-bond acceptors (Lipinski definition) is 10. The van der Waals surface area contributed by atoms with Gasteiger partial charge in [-0.1, -0.05) is 19.3 Å².